The van der Waals surface area contributed by atoms with E-state index < -0.39 is 35.1 Å². The summed E-state index contributed by atoms with van der Waals surface area (Å²) in [5.41, 5.74) is -0.829. The van der Waals surface area contributed by atoms with Gasteiger partial charge in [-0.25, -0.2) is 0 Å². The standard InChI is InChI=1S/C35H40ClN3O5/c1-4-34-16-8-18-37(21-24-10-6-5-7-11-24)31(41)28(34)29-32(42)39(27(22-40)20-23(2)3)30-33(43)38(19-9-17-35(29,30)44-34)26-14-12-25(36)13-15-26/h5-17,23,27-30,40H,4,18-22H2,1-3H3/t27-,28-,29+,30?,34+,35+/m1/s1. The highest BCUT2D eigenvalue weighted by Gasteiger charge is 2.76. The zero-order chi connectivity index (χ0) is 31.2. The quantitative estimate of drug-likeness (QED) is 0.437. The molecular weight excluding hydrogens is 578 g/mol. The second-order valence-corrected chi connectivity index (χ2v) is 13.2. The van der Waals surface area contributed by atoms with Crippen molar-refractivity contribution >= 4 is 35.0 Å². The molecule has 44 heavy (non-hydrogen) atoms. The lowest BCUT2D eigenvalue weighted by Crippen LogP contribution is -2.59. The van der Waals surface area contributed by atoms with Gasteiger partial charge in [-0.2, -0.15) is 0 Å². The number of anilines is 1. The predicted molar refractivity (Wildman–Crippen MR) is 169 cm³/mol. The monoisotopic (exact) mass is 617 g/mol. The van der Waals surface area contributed by atoms with E-state index in [1.54, 1.807) is 39.0 Å². The maximum Gasteiger partial charge on any atom is 0.253 e. The Labute approximate surface area is 263 Å². The molecule has 2 fully saturated rings. The van der Waals surface area contributed by atoms with Crippen molar-refractivity contribution in [2.75, 3.05) is 24.6 Å². The molecule has 4 aliphatic heterocycles. The Morgan fingerprint density at radius 3 is 2.30 bits per heavy atom. The third-order valence-electron chi connectivity index (χ3n) is 9.66. The van der Waals surface area contributed by atoms with E-state index in [2.05, 4.69) is 0 Å². The molecule has 1 N–H and O–H groups in total. The molecule has 0 aliphatic carbocycles. The molecule has 6 rings (SSSR count). The van der Waals surface area contributed by atoms with Crippen LogP contribution in [0, 0.1) is 17.8 Å². The summed E-state index contributed by atoms with van der Waals surface area (Å²) >= 11 is 6.16. The maximum absolute atomic E-state index is 14.8. The summed E-state index contributed by atoms with van der Waals surface area (Å²) in [5, 5.41) is 11.2. The van der Waals surface area contributed by atoms with E-state index in [0.29, 0.717) is 36.6 Å². The first-order valence-corrected chi connectivity index (χ1v) is 15.9. The van der Waals surface area contributed by atoms with Gasteiger partial charge in [-0.1, -0.05) is 87.0 Å². The number of ether oxygens (including phenoxy) is 1. The Morgan fingerprint density at radius 1 is 0.932 bits per heavy atom. The average molecular weight is 618 g/mol. The summed E-state index contributed by atoms with van der Waals surface area (Å²) in [7, 11) is 0. The molecule has 0 saturated carbocycles. The molecule has 8 nitrogen and oxygen atoms in total. The number of halogens is 1. The van der Waals surface area contributed by atoms with Gasteiger partial charge in [0.25, 0.3) is 5.91 Å². The second kappa shape index (κ2) is 11.8. The smallest absolute Gasteiger partial charge is 0.253 e. The van der Waals surface area contributed by atoms with Gasteiger partial charge in [0, 0.05) is 30.3 Å². The summed E-state index contributed by atoms with van der Waals surface area (Å²) in [4.78, 5) is 49.2. The van der Waals surface area contributed by atoms with Gasteiger partial charge < -0.3 is 24.5 Å². The molecule has 2 aromatic carbocycles. The molecule has 9 heteroatoms. The molecule has 2 aromatic rings. The first-order chi connectivity index (χ1) is 21.2. The van der Waals surface area contributed by atoms with Crippen molar-refractivity contribution in [3.8, 4) is 0 Å². The van der Waals surface area contributed by atoms with Gasteiger partial charge in [-0.3, -0.25) is 14.4 Å². The van der Waals surface area contributed by atoms with Gasteiger partial charge in [-0.15, -0.1) is 0 Å². The summed E-state index contributed by atoms with van der Waals surface area (Å²) in [6, 6.07) is 15.1. The minimum absolute atomic E-state index is 0.152. The molecule has 0 aromatic heterocycles. The number of rotatable bonds is 8. The van der Waals surface area contributed by atoms with Crippen LogP contribution < -0.4 is 4.90 Å². The highest BCUT2D eigenvalue weighted by atomic mass is 35.5. The molecule has 232 valence electrons. The summed E-state index contributed by atoms with van der Waals surface area (Å²) < 4.78 is 7.09. The lowest BCUT2D eigenvalue weighted by molar-refractivity contribution is -0.153. The molecule has 2 saturated heterocycles. The lowest BCUT2D eigenvalue weighted by atomic mass is 9.73. The number of amides is 3. The van der Waals surface area contributed by atoms with Gasteiger partial charge in [-0.05, 0) is 48.6 Å². The molecule has 0 bridgehead atoms. The molecule has 4 heterocycles. The normalized spacial score (nSPS) is 30.4. The van der Waals surface area contributed by atoms with Crippen LogP contribution in [0.1, 0.15) is 39.2 Å². The van der Waals surface area contributed by atoms with E-state index in [0.717, 1.165) is 5.56 Å². The highest BCUT2D eigenvalue weighted by Crippen LogP contribution is 2.59. The number of likely N-dealkylation sites (tertiary alicyclic amines) is 1. The van der Waals surface area contributed by atoms with Gasteiger partial charge in [0.2, 0.25) is 11.8 Å². The third-order valence-corrected chi connectivity index (χ3v) is 9.92. The molecular formula is C35H40ClN3O5. The van der Waals surface area contributed by atoms with E-state index >= 15 is 0 Å². The Morgan fingerprint density at radius 2 is 1.64 bits per heavy atom. The highest BCUT2D eigenvalue weighted by molar-refractivity contribution is 6.30. The van der Waals surface area contributed by atoms with E-state index in [4.69, 9.17) is 16.3 Å². The van der Waals surface area contributed by atoms with Crippen LogP contribution in [-0.4, -0.2) is 75.6 Å². The average Bonchev–Trinajstić information content (AvgIpc) is 3.32. The van der Waals surface area contributed by atoms with Crippen molar-refractivity contribution in [2.24, 2.45) is 17.8 Å². The molecule has 4 aliphatic rings. The van der Waals surface area contributed by atoms with Crippen molar-refractivity contribution in [1.82, 2.24) is 9.80 Å². The predicted octanol–water partition coefficient (Wildman–Crippen LogP) is 4.61. The number of hydrogen-bond acceptors (Lipinski definition) is 5. The van der Waals surface area contributed by atoms with Crippen LogP contribution in [0.4, 0.5) is 5.69 Å². The topological polar surface area (TPSA) is 90.4 Å². The zero-order valence-electron chi connectivity index (χ0n) is 25.4. The summed E-state index contributed by atoms with van der Waals surface area (Å²) in [5.74, 6) is -2.43. The Balaban J connectivity index is 1.48. The van der Waals surface area contributed by atoms with Gasteiger partial charge in [0.05, 0.1) is 30.1 Å². The number of hydrogen-bond donors (Lipinski definition) is 1. The van der Waals surface area contributed by atoms with E-state index in [1.807, 2.05) is 75.4 Å². The van der Waals surface area contributed by atoms with Crippen molar-refractivity contribution in [3.63, 3.8) is 0 Å². The summed E-state index contributed by atoms with van der Waals surface area (Å²) in [6.07, 6.45) is 8.58. The number of fused-ring (bicyclic) bond motifs is 2. The number of carbonyl (C=O) groups excluding carboxylic acids is 3. The Kier molecular flexibility index (Phi) is 8.20. The molecule has 0 radical (unpaired) electrons. The molecule has 1 unspecified atom stereocenters. The zero-order valence-corrected chi connectivity index (χ0v) is 26.2. The van der Waals surface area contributed by atoms with E-state index in [1.165, 1.54) is 0 Å². The van der Waals surface area contributed by atoms with Crippen molar-refractivity contribution < 1.29 is 24.2 Å². The van der Waals surface area contributed by atoms with Crippen molar-refractivity contribution in [2.45, 2.75) is 63.4 Å². The number of benzene rings is 2. The lowest BCUT2D eigenvalue weighted by Gasteiger charge is -2.41. The second-order valence-electron chi connectivity index (χ2n) is 12.8. The van der Waals surface area contributed by atoms with Gasteiger partial charge in [0.15, 0.2) is 0 Å². The van der Waals surface area contributed by atoms with Crippen LogP contribution in [0.3, 0.4) is 0 Å². The third kappa shape index (κ3) is 4.88. The fourth-order valence-corrected chi connectivity index (χ4v) is 7.89. The van der Waals surface area contributed by atoms with Crippen LogP contribution in [0.25, 0.3) is 0 Å². The van der Waals surface area contributed by atoms with Crippen LogP contribution in [0.15, 0.2) is 78.9 Å². The minimum Gasteiger partial charge on any atom is -0.394 e. The summed E-state index contributed by atoms with van der Waals surface area (Å²) in [6.45, 7) is 6.75. The van der Waals surface area contributed by atoms with Crippen LogP contribution in [0.5, 0.6) is 0 Å². The van der Waals surface area contributed by atoms with Crippen LogP contribution in [0.2, 0.25) is 5.02 Å². The van der Waals surface area contributed by atoms with Crippen LogP contribution >= 0.6 is 11.6 Å². The first-order valence-electron chi connectivity index (χ1n) is 15.5. The van der Waals surface area contributed by atoms with Crippen molar-refractivity contribution in [3.05, 3.63) is 89.5 Å². The Bertz CT molecular complexity index is 1480. The fraction of sp³-hybridized carbons (Fsp3) is 0.457. The fourth-order valence-electron chi connectivity index (χ4n) is 7.76. The largest absolute Gasteiger partial charge is 0.394 e. The van der Waals surface area contributed by atoms with Crippen molar-refractivity contribution in [1.29, 1.82) is 0 Å². The first kappa shape index (κ1) is 30.6. The van der Waals surface area contributed by atoms with Gasteiger partial charge >= 0.3 is 0 Å². The molecule has 3 amide bonds. The van der Waals surface area contributed by atoms with E-state index in [9.17, 15) is 19.5 Å². The number of aliphatic hydroxyl groups excluding tert-OH is 1. The van der Waals surface area contributed by atoms with Crippen LogP contribution in [-0.2, 0) is 25.7 Å². The number of nitrogens with zero attached hydrogens (tertiary/aromatic N) is 3. The SMILES string of the molecule is CC[C@]12C=CCN(Cc3ccccc3)C(=O)[C@H]1[C@H]1C(=O)N([C@@H](CO)CC(C)C)C3C(=O)N(c4ccc(Cl)cc4)CC=C[C@@]31O2. The minimum atomic E-state index is -1.39. The molecule has 1 spiro atoms. The number of aliphatic hydroxyl groups is 1. The molecule has 6 atom stereocenters. The maximum atomic E-state index is 14.8. The Hall–Kier alpha value is -3.46. The van der Waals surface area contributed by atoms with E-state index in [-0.39, 0.29) is 36.8 Å². The number of carbonyl (C=O) groups is 3. The van der Waals surface area contributed by atoms with Gasteiger partial charge in [0.1, 0.15) is 11.6 Å².